The van der Waals surface area contributed by atoms with Gasteiger partial charge in [0.25, 0.3) is 10.1 Å². The van der Waals surface area contributed by atoms with Crippen molar-refractivity contribution in [1.29, 1.82) is 0 Å². The van der Waals surface area contributed by atoms with Gasteiger partial charge < -0.3 is 4.90 Å². The van der Waals surface area contributed by atoms with Crippen LogP contribution in [0.1, 0.15) is 19.8 Å². The molecule has 1 saturated heterocycles. The minimum atomic E-state index is -3.35. The summed E-state index contributed by atoms with van der Waals surface area (Å²) >= 11 is 3.35. The third-order valence-corrected chi connectivity index (χ3v) is 4.86. The van der Waals surface area contributed by atoms with Gasteiger partial charge in [0.15, 0.2) is 0 Å². The van der Waals surface area contributed by atoms with Crippen LogP contribution in [0.4, 0.5) is 5.82 Å². The van der Waals surface area contributed by atoms with Crippen LogP contribution in [0.15, 0.2) is 22.8 Å². The van der Waals surface area contributed by atoms with Gasteiger partial charge in [-0.3, -0.25) is 4.18 Å². The molecule has 2 heterocycles. The van der Waals surface area contributed by atoms with Gasteiger partial charge in [0.2, 0.25) is 0 Å². The Morgan fingerprint density at radius 1 is 1.42 bits per heavy atom. The van der Waals surface area contributed by atoms with Crippen molar-refractivity contribution < 1.29 is 12.6 Å². The molecule has 0 radical (unpaired) electrons. The SMILES string of the molecule is CCS(=O)(=O)OC1CCN(c2ccc(Br)cn2)CC1. The zero-order chi connectivity index (χ0) is 13.9. The smallest absolute Gasteiger partial charge is 0.267 e. The molecule has 1 aromatic rings. The molecule has 1 fully saturated rings. The highest BCUT2D eigenvalue weighted by molar-refractivity contribution is 9.10. The Morgan fingerprint density at radius 3 is 2.63 bits per heavy atom. The second-order valence-electron chi connectivity index (χ2n) is 4.46. The molecule has 1 aliphatic rings. The van der Waals surface area contributed by atoms with E-state index in [9.17, 15) is 8.42 Å². The van der Waals surface area contributed by atoms with Gasteiger partial charge >= 0.3 is 0 Å². The van der Waals surface area contributed by atoms with Crippen molar-refractivity contribution in [3.05, 3.63) is 22.8 Å². The zero-order valence-electron chi connectivity index (χ0n) is 10.8. The lowest BCUT2D eigenvalue weighted by molar-refractivity contribution is 0.178. The fourth-order valence-corrected chi connectivity index (χ4v) is 2.99. The molecule has 0 bridgehead atoms. The molecule has 1 aromatic heterocycles. The summed E-state index contributed by atoms with van der Waals surface area (Å²) in [5.74, 6) is 0.946. The number of hydrogen-bond acceptors (Lipinski definition) is 5. The lowest BCUT2D eigenvalue weighted by Crippen LogP contribution is -2.38. The summed E-state index contributed by atoms with van der Waals surface area (Å²) in [4.78, 5) is 6.48. The fourth-order valence-electron chi connectivity index (χ4n) is 2.01. The molecular weight excluding hydrogens is 332 g/mol. The fraction of sp³-hybridized carbons (Fsp3) is 0.583. The predicted molar refractivity (Wildman–Crippen MR) is 77.7 cm³/mol. The monoisotopic (exact) mass is 348 g/mol. The molecule has 5 nitrogen and oxygen atoms in total. The molecule has 0 N–H and O–H groups in total. The summed E-state index contributed by atoms with van der Waals surface area (Å²) in [6.07, 6.45) is 2.98. The molecule has 0 spiro atoms. The van der Waals surface area contributed by atoms with Gasteiger partial charge in [0.05, 0.1) is 11.9 Å². The second kappa shape index (κ2) is 6.19. The van der Waals surface area contributed by atoms with Crippen LogP contribution in [0.5, 0.6) is 0 Å². The molecule has 1 aliphatic heterocycles. The highest BCUT2D eigenvalue weighted by Gasteiger charge is 2.24. The topological polar surface area (TPSA) is 59.5 Å². The maximum absolute atomic E-state index is 11.4. The summed E-state index contributed by atoms with van der Waals surface area (Å²) in [7, 11) is -3.35. The van der Waals surface area contributed by atoms with Crippen LogP contribution >= 0.6 is 15.9 Å². The highest BCUT2D eigenvalue weighted by atomic mass is 79.9. The van der Waals surface area contributed by atoms with Crippen molar-refractivity contribution in [1.82, 2.24) is 4.98 Å². The summed E-state index contributed by atoms with van der Waals surface area (Å²) < 4.78 is 28.9. The van der Waals surface area contributed by atoms with Gasteiger partial charge in [-0.1, -0.05) is 0 Å². The maximum atomic E-state index is 11.4. The number of nitrogens with zero attached hydrogens (tertiary/aromatic N) is 2. The largest absolute Gasteiger partial charge is 0.356 e. The molecule has 19 heavy (non-hydrogen) atoms. The number of anilines is 1. The van der Waals surface area contributed by atoms with Crippen molar-refractivity contribution in [3.63, 3.8) is 0 Å². The Labute approximate surface area is 122 Å². The number of piperidine rings is 1. The van der Waals surface area contributed by atoms with Crippen LogP contribution in [0.3, 0.4) is 0 Å². The van der Waals surface area contributed by atoms with E-state index in [1.807, 2.05) is 12.1 Å². The third-order valence-electron chi connectivity index (χ3n) is 3.11. The van der Waals surface area contributed by atoms with Gasteiger partial charge in [-0.2, -0.15) is 8.42 Å². The Balaban J connectivity index is 1.90. The Bertz CT molecular complexity index is 510. The summed E-state index contributed by atoms with van der Waals surface area (Å²) in [5.41, 5.74) is 0. The van der Waals surface area contributed by atoms with E-state index in [1.54, 1.807) is 13.1 Å². The van der Waals surface area contributed by atoms with Crippen LogP contribution in [0.2, 0.25) is 0 Å². The standard InChI is InChI=1S/C12H17BrN2O3S/c1-2-19(16,17)18-11-5-7-15(8-6-11)12-4-3-10(13)9-14-12/h3-4,9,11H,2,5-8H2,1H3. The Hall–Kier alpha value is -0.660. The molecular formula is C12H17BrN2O3S. The maximum Gasteiger partial charge on any atom is 0.267 e. The minimum absolute atomic E-state index is 0.0292. The number of aromatic nitrogens is 1. The first-order valence-electron chi connectivity index (χ1n) is 6.27. The van der Waals surface area contributed by atoms with Crippen molar-refractivity contribution in [2.24, 2.45) is 0 Å². The molecule has 0 aromatic carbocycles. The number of hydrogen-bond donors (Lipinski definition) is 0. The molecule has 7 heteroatoms. The number of pyridine rings is 1. The molecule has 0 aliphatic carbocycles. The van der Waals surface area contributed by atoms with Crippen molar-refractivity contribution in [2.75, 3.05) is 23.7 Å². The summed E-state index contributed by atoms with van der Waals surface area (Å²) in [6.45, 7) is 3.12. The predicted octanol–water partition coefficient (Wildman–Crippen LogP) is 2.18. The molecule has 0 amide bonds. The number of halogens is 1. The lowest BCUT2D eigenvalue weighted by Gasteiger charge is -2.32. The van der Waals surface area contributed by atoms with Crippen molar-refractivity contribution in [2.45, 2.75) is 25.9 Å². The average Bonchev–Trinajstić information content (AvgIpc) is 2.40. The minimum Gasteiger partial charge on any atom is -0.356 e. The average molecular weight is 349 g/mol. The van der Waals surface area contributed by atoms with Crippen molar-refractivity contribution >= 4 is 31.9 Å². The zero-order valence-corrected chi connectivity index (χ0v) is 13.2. The summed E-state index contributed by atoms with van der Waals surface area (Å²) in [6, 6.07) is 3.90. The van der Waals surface area contributed by atoms with Gasteiger partial charge in [-0.05, 0) is 47.8 Å². The first kappa shape index (κ1) is 14.7. The normalized spacial score (nSPS) is 17.7. The van der Waals surface area contributed by atoms with Gasteiger partial charge in [0.1, 0.15) is 5.82 Å². The molecule has 2 rings (SSSR count). The first-order chi connectivity index (χ1) is 9.00. The van der Waals surface area contributed by atoms with Gasteiger partial charge in [0, 0.05) is 23.8 Å². The van der Waals surface area contributed by atoms with E-state index in [1.165, 1.54) is 0 Å². The number of rotatable bonds is 4. The van der Waals surface area contributed by atoms with Crippen molar-refractivity contribution in [3.8, 4) is 0 Å². The third kappa shape index (κ3) is 4.15. The van der Waals surface area contributed by atoms with Crippen LogP contribution in [0.25, 0.3) is 0 Å². The van der Waals surface area contributed by atoms with Gasteiger partial charge in [-0.25, -0.2) is 4.98 Å². The van der Waals surface area contributed by atoms with E-state index in [2.05, 4.69) is 25.8 Å². The first-order valence-corrected chi connectivity index (χ1v) is 8.64. The van der Waals surface area contributed by atoms with E-state index in [-0.39, 0.29) is 11.9 Å². The quantitative estimate of drug-likeness (QED) is 0.780. The Kier molecular flexibility index (Phi) is 4.81. The van der Waals surface area contributed by atoms with E-state index in [4.69, 9.17) is 4.18 Å². The van der Waals surface area contributed by atoms with E-state index in [0.29, 0.717) is 12.8 Å². The van der Waals surface area contributed by atoms with E-state index < -0.39 is 10.1 Å². The van der Waals surface area contributed by atoms with Crippen LogP contribution in [-0.2, 0) is 14.3 Å². The molecule has 106 valence electrons. The second-order valence-corrected chi connectivity index (χ2v) is 7.26. The summed E-state index contributed by atoms with van der Waals surface area (Å²) in [5, 5.41) is 0. The lowest BCUT2D eigenvalue weighted by atomic mass is 10.1. The van der Waals surface area contributed by atoms with Gasteiger partial charge in [-0.15, -0.1) is 0 Å². The molecule has 0 atom stereocenters. The van der Waals surface area contributed by atoms with E-state index in [0.717, 1.165) is 23.4 Å². The van der Waals surface area contributed by atoms with Crippen LogP contribution < -0.4 is 4.90 Å². The van der Waals surface area contributed by atoms with E-state index >= 15 is 0 Å². The van der Waals surface area contributed by atoms with Crippen LogP contribution in [-0.4, -0.2) is 38.3 Å². The van der Waals surface area contributed by atoms with Crippen LogP contribution in [0, 0.1) is 0 Å². The molecule has 0 unspecified atom stereocenters. The molecule has 0 saturated carbocycles. The Morgan fingerprint density at radius 2 is 2.11 bits per heavy atom. The highest BCUT2D eigenvalue weighted by Crippen LogP contribution is 2.21.